The van der Waals surface area contributed by atoms with Gasteiger partial charge < -0.3 is 20.7 Å². The summed E-state index contributed by atoms with van der Waals surface area (Å²) in [5.74, 6) is 0.773. The van der Waals surface area contributed by atoms with Gasteiger partial charge in [0, 0.05) is 37.2 Å². The number of carbonyl (C=O) groups excluding carboxylic acids is 1. The van der Waals surface area contributed by atoms with Crippen molar-refractivity contribution in [1.29, 1.82) is 0 Å². The molecule has 0 aromatic heterocycles. The van der Waals surface area contributed by atoms with Crippen molar-refractivity contribution in [2.24, 2.45) is 4.99 Å². The van der Waals surface area contributed by atoms with E-state index in [1.165, 1.54) is 19.3 Å². The molecule has 28 heavy (non-hydrogen) atoms. The third kappa shape index (κ3) is 6.81. The van der Waals surface area contributed by atoms with Crippen LogP contribution in [0.3, 0.4) is 0 Å². The summed E-state index contributed by atoms with van der Waals surface area (Å²) in [6.07, 6.45) is 7.27. The molecule has 1 amide bonds. The molecular formula is C20H31IN4O2S. The highest BCUT2D eigenvalue weighted by molar-refractivity contribution is 14.0. The zero-order valence-corrected chi connectivity index (χ0v) is 19.7. The summed E-state index contributed by atoms with van der Waals surface area (Å²) in [6, 6.07) is 8.39. The first-order chi connectivity index (χ1) is 13.2. The predicted molar refractivity (Wildman–Crippen MR) is 128 cm³/mol. The largest absolute Gasteiger partial charge is 0.368 e. The van der Waals surface area contributed by atoms with E-state index in [1.807, 2.05) is 36.0 Å². The number of hydrogen-bond acceptors (Lipinski definition) is 4. The van der Waals surface area contributed by atoms with Crippen molar-refractivity contribution < 1.29 is 9.53 Å². The quantitative estimate of drug-likeness (QED) is 0.306. The molecule has 0 spiro atoms. The Kier molecular flexibility index (Phi) is 9.87. The van der Waals surface area contributed by atoms with E-state index in [9.17, 15) is 4.79 Å². The van der Waals surface area contributed by atoms with E-state index < -0.39 is 0 Å². The summed E-state index contributed by atoms with van der Waals surface area (Å²) in [5.41, 5.74) is 1.90. The van der Waals surface area contributed by atoms with Gasteiger partial charge >= 0.3 is 0 Å². The van der Waals surface area contributed by atoms with Crippen LogP contribution in [-0.2, 0) is 16.1 Å². The lowest BCUT2D eigenvalue weighted by atomic mass is 10.2. The second kappa shape index (κ2) is 11.9. The van der Waals surface area contributed by atoms with Gasteiger partial charge in [-0.1, -0.05) is 12.1 Å². The Morgan fingerprint density at radius 1 is 1.32 bits per heavy atom. The summed E-state index contributed by atoms with van der Waals surface area (Å²) >= 11 is 1.95. The monoisotopic (exact) mass is 518 g/mol. The molecule has 1 aliphatic carbocycles. The molecule has 2 aliphatic rings. The number of carbonyl (C=O) groups is 1. The number of halogens is 1. The molecule has 1 saturated heterocycles. The van der Waals surface area contributed by atoms with Crippen LogP contribution in [0.25, 0.3) is 0 Å². The Labute approximate surface area is 189 Å². The smallest absolute Gasteiger partial charge is 0.253 e. The van der Waals surface area contributed by atoms with E-state index in [0.29, 0.717) is 19.2 Å². The topological polar surface area (TPSA) is 74.8 Å². The number of anilines is 1. The Morgan fingerprint density at radius 3 is 2.86 bits per heavy atom. The van der Waals surface area contributed by atoms with Crippen molar-refractivity contribution in [2.45, 2.75) is 56.0 Å². The minimum atomic E-state index is -0.314. The number of rotatable bonds is 6. The highest BCUT2D eigenvalue weighted by Gasteiger charge is 2.25. The average molecular weight is 518 g/mol. The molecule has 3 unspecified atom stereocenters. The zero-order valence-electron chi connectivity index (χ0n) is 16.6. The van der Waals surface area contributed by atoms with Crippen LogP contribution in [0.1, 0.15) is 37.7 Å². The van der Waals surface area contributed by atoms with Crippen LogP contribution in [-0.4, -0.2) is 49.2 Å². The fourth-order valence-corrected chi connectivity index (χ4v) is 4.42. The Morgan fingerprint density at radius 2 is 2.18 bits per heavy atom. The van der Waals surface area contributed by atoms with Gasteiger partial charge in [-0.15, -0.1) is 24.0 Å². The van der Waals surface area contributed by atoms with Crippen LogP contribution in [0, 0.1) is 0 Å². The van der Waals surface area contributed by atoms with Gasteiger partial charge in [-0.25, -0.2) is 0 Å². The summed E-state index contributed by atoms with van der Waals surface area (Å²) in [6.45, 7) is 1.33. The van der Waals surface area contributed by atoms with Gasteiger partial charge in [-0.2, -0.15) is 11.8 Å². The number of ether oxygens (including phenoxy) is 1. The van der Waals surface area contributed by atoms with Crippen LogP contribution in [0.5, 0.6) is 0 Å². The summed E-state index contributed by atoms with van der Waals surface area (Å²) < 4.78 is 5.44. The molecule has 1 aromatic carbocycles. The number of nitrogens with one attached hydrogen (secondary N) is 3. The normalized spacial score (nSPS) is 24.5. The van der Waals surface area contributed by atoms with Crippen molar-refractivity contribution in [3.63, 3.8) is 0 Å². The number of guanidine groups is 1. The summed E-state index contributed by atoms with van der Waals surface area (Å²) in [7, 11) is 1.80. The standard InChI is InChI=1S/C20H30N4O2S.HI/c1-21-20(24-16-8-9-17(12-16)27-2)22-13-14-5-3-6-15(11-14)23-19(25)18-7-4-10-26-18;/h3,5-6,11,16-18H,4,7-10,12-13H2,1-2H3,(H,23,25)(H2,21,22,24);1H. The number of hydrogen-bond donors (Lipinski definition) is 3. The van der Waals surface area contributed by atoms with Crippen LogP contribution in [0.15, 0.2) is 29.3 Å². The first-order valence-corrected chi connectivity index (χ1v) is 11.0. The Bertz CT molecular complexity index is 667. The SMILES string of the molecule is CN=C(NCc1cccc(NC(=O)C2CCCO2)c1)NC1CCC(SC)C1.I. The number of thioether (sulfide) groups is 1. The maximum Gasteiger partial charge on any atom is 0.253 e. The summed E-state index contributed by atoms with van der Waals surface area (Å²) in [4.78, 5) is 16.5. The lowest BCUT2D eigenvalue weighted by Gasteiger charge is -2.17. The van der Waals surface area contributed by atoms with Crippen molar-refractivity contribution in [1.82, 2.24) is 10.6 Å². The van der Waals surface area contributed by atoms with Crippen molar-refractivity contribution >= 4 is 53.3 Å². The van der Waals surface area contributed by atoms with Crippen LogP contribution < -0.4 is 16.0 Å². The third-order valence-electron chi connectivity index (χ3n) is 5.16. The third-order valence-corrected chi connectivity index (χ3v) is 6.25. The van der Waals surface area contributed by atoms with Gasteiger partial charge in [0.1, 0.15) is 6.10 Å². The van der Waals surface area contributed by atoms with Crippen LogP contribution >= 0.6 is 35.7 Å². The molecule has 8 heteroatoms. The van der Waals surface area contributed by atoms with E-state index in [0.717, 1.165) is 35.3 Å². The van der Waals surface area contributed by atoms with Crippen LogP contribution in [0.4, 0.5) is 5.69 Å². The molecule has 6 nitrogen and oxygen atoms in total. The zero-order chi connectivity index (χ0) is 19.1. The molecule has 3 atom stereocenters. The van der Waals surface area contributed by atoms with Gasteiger partial charge in [-0.05, 0) is 56.1 Å². The molecule has 3 rings (SSSR count). The van der Waals surface area contributed by atoms with E-state index in [1.54, 1.807) is 7.05 Å². The average Bonchev–Trinajstić information content (AvgIpc) is 3.37. The lowest BCUT2D eigenvalue weighted by Crippen LogP contribution is -2.42. The van der Waals surface area contributed by atoms with Crippen LogP contribution in [0.2, 0.25) is 0 Å². The highest BCUT2D eigenvalue weighted by atomic mass is 127. The fraction of sp³-hybridized carbons (Fsp3) is 0.600. The minimum absolute atomic E-state index is 0. The van der Waals surface area contributed by atoms with Crippen molar-refractivity contribution in [3.05, 3.63) is 29.8 Å². The van der Waals surface area contributed by atoms with Gasteiger partial charge in [0.15, 0.2) is 5.96 Å². The molecule has 1 aliphatic heterocycles. The number of nitrogens with zero attached hydrogens (tertiary/aromatic N) is 1. The molecule has 0 radical (unpaired) electrons. The molecule has 1 aromatic rings. The molecule has 2 fully saturated rings. The molecule has 3 N–H and O–H groups in total. The van der Waals surface area contributed by atoms with Crippen molar-refractivity contribution in [3.8, 4) is 0 Å². The second-order valence-electron chi connectivity index (χ2n) is 7.13. The fourth-order valence-electron chi connectivity index (χ4n) is 3.63. The Balaban J connectivity index is 0.00000280. The molecule has 1 saturated carbocycles. The van der Waals surface area contributed by atoms with Crippen molar-refractivity contribution in [2.75, 3.05) is 25.2 Å². The number of benzene rings is 1. The Hall–Kier alpha value is -1.00. The van der Waals surface area contributed by atoms with Gasteiger partial charge in [-0.3, -0.25) is 9.79 Å². The molecule has 156 valence electrons. The van der Waals surface area contributed by atoms with Gasteiger partial charge in [0.2, 0.25) is 0 Å². The van der Waals surface area contributed by atoms with E-state index in [4.69, 9.17) is 4.74 Å². The minimum Gasteiger partial charge on any atom is -0.368 e. The van der Waals surface area contributed by atoms with E-state index in [2.05, 4.69) is 27.2 Å². The second-order valence-corrected chi connectivity index (χ2v) is 8.27. The summed E-state index contributed by atoms with van der Waals surface area (Å²) in [5, 5.41) is 10.6. The van der Waals surface area contributed by atoms with Gasteiger partial charge in [0.25, 0.3) is 5.91 Å². The molecule has 1 heterocycles. The van der Waals surface area contributed by atoms with E-state index >= 15 is 0 Å². The molecular weight excluding hydrogens is 487 g/mol. The van der Waals surface area contributed by atoms with Gasteiger partial charge in [0.05, 0.1) is 0 Å². The first kappa shape index (κ1) is 23.3. The maximum absolute atomic E-state index is 12.2. The lowest BCUT2D eigenvalue weighted by molar-refractivity contribution is -0.124. The maximum atomic E-state index is 12.2. The predicted octanol–water partition coefficient (Wildman–Crippen LogP) is 3.37. The molecule has 0 bridgehead atoms. The first-order valence-electron chi connectivity index (χ1n) is 9.69. The number of aliphatic imine (C=N–C) groups is 1. The number of amides is 1. The van der Waals surface area contributed by atoms with E-state index in [-0.39, 0.29) is 36.0 Å². The highest BCUT2D eigenvalue weighted by Crippen LogP contribution is 2.28.